The van der Waals surface area contributed by atoms with E-state index in [1.807, 2.05) is 11.8 Å². The third-order valence-electron chi connectivity index (χ3n) is 4.51. The molecule has 0 bridgehead atoms. The van der Waals surface area contributed by atoms with E-state index in [1.165, 1.54) is 0 Å². The lowest BCUT2D eigenvalue weighted by molar-refractivity contribution is -0.127. The van der Waals surface area contributed by atoms with Crippen LogP contribution in [0.4, 0.5) is 0 Å². The summed E-state index contributed by atoms with van der Waals surface area (Å²) in [7, 11) is 3.54. The van der Waals surface area contributed by atoms with E-state index in [2.05, 4.69) is 29.1 Å². The Bertz CT molecular complexity index is 442. The lowest BCUT2D eigenvalue weighted by Crippen LogP contribution is -2.50. The highest BCUT2D eigenvalue weighted by Gasteiger charge is 2.26. The predicted octanol–water partition coefficient (Wildman–Crippen LogP) is 1.89. The fourth-order valence-electron chi connectivity index (χ4n) is 2.83. The van der Waals surface area contributed by atoms with Crippen LogP contribution in [0.2, 0.25) is 0 Å². The normalized spacial score (nSPS) is 24.2. The van der Waals surface area contributed by atoms with Gasteiger partial charge in [0.15, 0.2) is 5.96 Å². The molecule has 6 nitrogen and oxygen atoms in total. The number of aliphatic imine (C=N–C) groups is 1. The number of nitrogens with one attached hydrogen (secondary N) is 1. The minimum Gasteiger partial charge on any atom is -0.376 e. The summed E-state index contributed by atoms with van der Waals surface area (Å²) in [4.78, 5) is 20.4. The fraction of sp³-hybridized carbons (Fsp3) is 0.882. The molecule has 0 spiro atoms. The third kappa shape index (κ3) is 7.50. The van der Waals surface area contributed by atoms with Gasteiger partial charge in [-0.2, -0.15) is 11.8 Å². The van der Waals surface area contributed by atoms with Gasteiger partial charge in [0, 0.05) is 51.3 Å². The number of rotatable bonds is 5. The van der Waals surface area contributed by atoms with Crippen molar-refractivity contribution >= 4 is 47.6 Å². The van der Waals surface area contributed by atoms with Gasteiger partial charge in [-0.05, 0) is 18.8 Å². The predicted molar refractivity (Wildman–Crippen MR) is 116 cm³/mol. The molecule has 0 aromatic rings. The second kappa shape index (κ2) is 11.5. The molecule has 2 aliphatic heterocycles. The molecule has 1 amide bonds. The van der Waals surface area contributed by atoms with Crippen LogP contribution in [0, 0.1) is 5.92 Å². The maximum absolute atomic E-state index is 11.9. The quantitative estimate of drug-likeness (QED) is 0.367. The van der Waals surface area contributed by atoms with Gasteiger partial charge in [0.05, 0.1) is 6.10 Å². The highest BCUT2D eigenvalue weighted by molar-refractivity contribution is 14.0. The molecule has 0 radical (unpaired) electrons. The summed E-state index contributed by atoms with van der Waals surface area (Å²) in [6.07, 6.45) is 2.49. The van der Waals surface area contributed by atoms with Crippen molar-refractivity contribution in [2.45, 2.75) is 38.0 Å². The molecule has 8 heteroatoms. The van der Waals surface area contributed by atoms with Crippen molar-refractivity contribution in [1.29, 1.82) is 0 Å². The number of likely N-dealkylation sites (N-methyl/N-ethyl adjacent to an activating group) is 1. The summed E-state index contributed by atoms with van der Waals surface area (Å²) in [5, 5.41) is 4.07. The van der Waals surface area contributed by atoms with Gasteiger partial charge in [-0.25, -0.2) is 4.99 Å². The average molecular weight is 484 g/mol. The van der Waals surface area contributed by atoms with Crippen LogP contribution in [-0.2, 0) is 9.53 Å². The standard InChI is InChI=1S/C17H32N4O2S.HI/c1-13(2)15-12-21(7-9-24-15)17(19-11-16(22)20(3)4)18-10-14-6-5-8-23-14;/h13-15H,5-12H2,1-4H3,(H,18,19);1H. The first-order valence-corrected chi connectivity index (χ1v) is 9.99. The van der Waals surface area contributed by atoms with Crippen molar-refractivity contribution < 1.29 is 9.53 Å². The van der Waals surface area contributed by atoms with Gasteiger partial charge in [-0.15, -0.1) is 24.0 Å². The van der Waals surface area contributed by atoms with Crippen LogP contribution in [0.25, 0.3) is 0 Å². The number of ether oxygens (including phenoxy) is 1. The molecule has 0 aliphatic carbocycles. The van der Waals surface area contributed by atoms with Crippen molar-refractivity contribution in [3.05, 3.63) is 0 Å². The van der Waals surface area contributed by atoms with Crippen LogP contribution >= 0.6 is 35.7 Å². The maximum Gasteiger partial charge on any atom is 0.243 e. The molecule has 0 saturated carbocycles. The van der Waals surface area contributed by atoms with Crippen LogP contribution in [0.1, 0.15) is 26.7 Å². The monoisotopic (exact) mass is 484 g/mol. The number of hydrogen-bond donors (Lipinski definition) is 1. The Hall–Kier alpha value is -0.220. The smallest absolute Gasteiger partial charge is 0.243 e. The zero-order chi connectivity index (χ0) is 17.5. The Balaban J connectivity index is 0.00000312. The van der Waals surface area contributed by atoms with Crippen LogP contribution in [-0.4, -0.2) is 85.7 Å². The lowest BCUT2D eigenvalue weighted by atomic mass is 10.1. The van der Waals surface area contributed by atoms with E-state index in [4.69, 9.17) is 4.74 Å². The van der Waals surface area contributed by atoms with E-state index < -0.39 is 0 Å². The van der Waals surface area contributed by atoms with E-state index in [0.29, 0.717) is 11.2 Å². The van der Waals surface area contributed by atoms with Crippen molar-refractivity contribution in [3.8, 4) is 0 Å². The zero-order valence-electron chi connectivity index (χ0n) is 15.9. The Morgan fingerprint density at radius 3 is 2.80 bits per heavy atom. The second-order valence-electron chi connectivity index (χ2n) is 7.04. The van der Waals surface area contributed by atoms with E-state index in [1.54, 1.807) is 19.0 Å². The van der Waals surface area contributed by atoms with Crippen molar-refractivity contribution in [1.82, 2.24) is 15.1 Å². The molecular weight excluding hydrogens is 451 g/mol. The molecular formula is C17H33IN4O2S. The number of nitrogens with zero attached hydrogens (tertiary/aromatic N) is 3. The summed E-state index contributed by atoms with van der Waals surface area (Å²) < 4.78 is 5.70. The van der Waals surface area contributed by atoms with E-state index in [-0.39, 0.29) is 42.5 Å². The first-order valence-electron chi connectivity index (χ1n) is 8.94. The number of guanidine groups is 1. The number of carbonyl (C=O) groups is 1. The van der Waals surface area contributed by atoms with Gasteiger partial charge < -0.3 is 19.9 Å². The van der Waals surface area contributed by atoms with Gasteiger partial charge in [0.1, 0.15) is 6.54 Å². The topological polar surface area (TPSA) is 57.2 Å². The summed E-state index contributed by atoms with van der Waals surface area (Å²) in [5.41, 5.74) is 0. The van der Waals surface area contributed by atoms with Gasteiger partial charge >= 0.3 is 0 Å². The Morgan fingerprint density at radius 2 is 2.20 bits per heavy atom. The molecule has 0 aromatic heterocycles. The Morgan fingerprint density at radius 1 is 1.44 bits per heavy atom. The van der Waals surface area contributed by atoms with Crippen molar-refractivity contribution in [2.24, 2.45) is 10.9 Å². The SMILES string of the molecule is CC(C)C1CN(C(=NCC(=O)N(C)C)NCC2CCCO2)CCS1.I. The molecule has 2 heterocycles. The highest BCUT2D eigenvalue weighted by Crippen LogP contribution is 2.25. The van der Waals surface area contributed by atoms with Crippen LogP contribution < -0.4 is 5.32 Å². The second-order valence-corrected chi connectivity index (χ2v) is 8.39. The van der Waals surface area contributed by atoms with E-state index >= 15 is 0 Å². The molecule has 1 N–H and O–H groups in total. The van der Waals surface area contributed by atoms with Gasteiger partial charge in [0.2, 0.25) is 5.91 Å². The van der Waals surface area contributed by atoms with Crippen molar-refractivity contribution in [2.75, 3.05) is 52.6 Å². The molecule has 2 unspecified atom stereocenters. The molecule has 146 valence electrons. The summed E-state index contributed by atoms with van der Waals surface area (Å²) in [5.74, 6) is 2.62. The largest absolute Gasteiger partial charge is 0.376 e. The van der Waals surface area contributed by atoms with Gasteiger partial charge in [0.25, 0.3) is 0 Å². The Labute approximate surface area is 173 Å². The number of carbonyl (C=O) groups excluding carboxylic acids is 1. The number of thioether (sulfide) groups is 1. The number of hydrogen-bond acceptors (Lipinski definition) is 4. The van der Waals surface area contributed by atoms with E-state index in [9.17, 15) is 4.79 Å². The minimum atomic E-state index is 0. The van der Waals surface area contributed by atoms with Crippen LogP contribution in [0.5, 0.6) is 0 Å². The van der Waals surface area contributed by atoms with Gasteiger partial charge in [-0.1, -0.05) is 13.8 Å². The number of amides is 1. The summed E-state index contributed by atoms with van der Waals surface area (Å²) in [6.45, 7) is 8.31. The average Bonchev–Trinajstić information content (AvgIpc) is 3.08. The minimum absolute atomic E-state index is 0. The molecule has 25 heavy (non-hydrogen) atoms. The zero-order valence-corrected chi connectivity index (χ0v) is 19.0. The van der Waals surface area contributed by atoms with Crippen LogP contribution in [0.3, 0.4) is 0 Å². The molecule has 2 aliphatic rings. The Kier molecular flexibility index (Phi) is 10.5. The molecule has 2 atom stereocenters. The van der Waals surface area contributed by atoms with Crippen LogP contribution in [0.15, 0.2) is 4.99 Å². The summed E-state index contributed by atoms with van der Waals surface area (Å²) in [6, 6.07) is 0. The molecule has 2 saturated heterocycles. The third-order valence-corrected chi connectivity index (χ3v) is 6.05. The maximum atomic E-state index is 11.9. The summed E-state index contributed by atoms with van der Waals surface area (Å²) >= 11 is 2.04. The van der Waals surface area contributed by atoms with Gasteiger partial charge in [-0.3, -0.25) is 4.79 Å². The molecule has 0 aromatic carbocycles. The lowest BCUT2D eigenvalue weighted by Gasteiger charge is -2.36. The molecule has 2 rings (SSSR count). The fourth-order valence-corrected chi connectivity index (χ4v) is 4.13. The first-order chi connectivity index (χ1) is 11.5. The first kappa shape index (κ1) is 22.8. The molecule has 2 fully saturated rings. The van der Waals surface area contributed by atoms with Crippen molar-refractivity contribution in [3.63, 3.8) is 0 Å². The van der Waals surface area contributed by atoms with E-state index in [0.717, 1.165) is 50.8 Å². The number of halogens is 1. The highest BCUT2D eigenvalue weighted by atomic mass is 127.